The molecule has 1 aliphatic rings. The maximum atomic E-state index is 5.53. The van der Waals surface area contributed by atoms with Gasteiger partial charge in [-0.1, -0.05) is 19.8 Å². The minimum atomic E-state index is -0.0292. The summed E-state index contributed by atoms with van der Waals surface area (Å²) in [4.78, 5) is 0. The van der Waals surface area contributed by atoms with E-state index in [0.717, 1.165) is 32.1 Å². The van der Waals surface area contributed by atoms with Crippen LogP contribution < -0.4 is 5.32 Å². The van der Waals surface area contributed by atoms with Crippen LogP contribution in [0.25, 0.3) is 0 Å². The van der Waals surface area contributed by atoms with Crippen molar-refractivity contribution in [3.63, 3.8) is 0 Å². The van der Waals surface area contributed by atoms with Crippen molar-refractivity contribution in [3.05, 3.63) is 0 Å². The molecular weight excluding hydrogens is 214 g/mol. The topological polar surface area (TPSA) is 30.5 Å². The molecule has 2 unspecified atom stereocenters. The van der Waals surface area contributed by atoms with E-state index in [4.69, 9.17) is 9.47 Å². The van der Waals surface area contributed by atoms with Crippen LogP contribution in [0.1, 0.15) is 52.9 Å². The van der Waals surface area contributed by atoms with Gasteiger partial charge in [0.05, 0.1) is 0 Å². The molecule has 0 bridgehead atoms. The van der Waals surface area contributed by atoms with Crippen LogP contribution in [-0.2, 0) is 9.47 Å². The van der Waals surface area contributed by atoms with E-state index in [1.807, 2.05) is 13.8 Å². The van der Waals surface area contributed by atoms with Crippen molar-refractivity contribution in [3.8, 4) is 0 Å². The summed E-state index contributed by atoms with van der Waals surface area (Å²) in [6.07, 6.45) is 6.36. The van der Waals surface area contributed by atoms with E-state index < -0.39 is 0 Å². The quantitative estimate of drug-likeness (QED) is 0.665. The summed E-state index contributed by atoms with van der Waals surface area (Å²) in [6, 6.07) is 0.711. The molecule has 2 atom stereocenters. The summed E-state index contributed by atoms with van der Waals surface area (Å²) in [5.41, 5.74) is 0. The summed E-state index contributed by atoms with van der Waals surface area (Å²) in [5, 5.41) is 3.64. The predicted molar refractivity (Wildman–Crippen MR) is 71.1 cm³/mol. The molecule has 0 aromatic heterocycles. The second kappa shape index (κ2) is 8.90. The van der Waals surface area contributed by atoms with Gasteiger partial charge in [0.15, 0.2) is 6.29 Å². The van der Waals surface area contributed by atoms with Gasteiger partial charge in [0.1, 0.15) is 0 Å². The molecule has 102 valence electrons. The van der Waals surface area contributed by atoms with Crippen molar-refractivity contribution in [2.45, 2.75) is 65.2 Å². The van der Waals surface area contributed by atoms with E-state index in [1.54, 1.807) is 0 Å². The minimum Gasteiger partial charge on any atom is -0.353 e. The van der Waals surface area contributed by atoms with E-state index in [2.05, 4.69) is 12.2 Å². The lowest BCUT2D eigenvalue weighted by molar-refractivity contribution is -0.138. The molecule has 1 rings (SSSR count). The second-order valence-electron chi connectivity index (χ2n) is 5.05. The summed E-state index contributed by atoms with van der Waals surface area (Å²) in [5.74, 6) is 0.885. The number of nitrogens with one attached hydrogen (secondary N) is 1. The zero-order valence-electron chi connectivity index (χ0n) is 11.7. The maximum absolute atomic E-state index is 5.53. The van der Waals surface area contributed by atoms with Crippen LogP contribution in [0.4, 0.5) is 0 Å². The number of rotatable bonds is 8. The molecular formula is C14H29NO2. The first-order valence-electron chi connectivity index (χ1n) is 7.22. The van der Waals surface area contributed by atoms with Crippen molar-refractivity contribution in [1.29, 1.82) is 0 Å². The normalized spacial score (nSPS) is 25.4. The van der Waals surface area contributed by atoms with Crippen LogP contribution in [0.2, 0.25) is 0 Å². The van der Waals surface area contributed by atoms with Crippen LogP contribution in [-0.4, -0.2) is 32.1 Å². The standard InChI is InChI=1S/C14H29NO2/c1-4-16-14(17-5-2)9-10-15-13-8-6-7-12(3)11-13/h12-15H,4-11H2,1-3H3. The Hall–Kier alpha value is -0.120. The third-order valence-corrected chi connectivity index (χ3v) is 3.45. The highest BCUT2D eigenvalue weighted by molar-refractivity contribution is 4.75. The molecule has 0 heterocycles. The Bertz CT molecular complexity index is 176. The summed E-state index contributed by atoms with van der Waals surface area (Å²) >= 11 is 0. The Labute approximate surface area is 106 Å². The molecule has 0 amide bonds. The number of hydrogen-bond donors (Lipinski definition) is 1. The van der Waals surface area contributed by atoms with Gasteiger partial charge in [-0.25, -0.2) is 0 Å². The first-order chi connectivity index (χ1) is 8.26. The molecule has 0 aromatic rings. The van der Waals surface area contributed by atoms with E-state index in [9.17, 15) is 0 Å². The molecule has 0 saturated heterocycles. The third-order valence-electron chi connectivity index (χ3n) is 3.45. The Morgan fingerprint density at radius 1 is 1.18 bits per heavy atom. The fraction of sp³-hybridized carbons (Fsp3) is 1.00. The SMILES string of the molecule is CCOC(CCNC1CCCC(C)C1)OCC. The average Bonchev–Trinajstić information content (AvgIpc) is 2.30. The van der Waals surface area contributed by atoms with Gasteiger partial charge in [-0.2, -0.15) is 0 Å². The lowest BCUT2D eigenvalue weighted by Crippen LogP contribution is -2.36. The van der Waals surface area contributed by atoms with E-state index >= 15 is 0 Å². The smallest absolute Gasteiger partial charge is 0.158 e. The molecule has 3 nitrogen and oxygen atoms in total. The zero-order valence-corrected chi connectivity index (χ0v) is 11.7. The lowest BCUT2D eigenvalue weighted by atomic mass is 9.87. The molecule has 1 saturated carbocycles. The molecule has 1 aliphatic carbocycles. The fourth-order valence-electron chi connectivity index (χ4n) is 2.61. The molecule has 0 aromatic carbocycles. The molecule has 17 heavy (non-hydrogen) atoms. The molecule has 1 fully saturated rings. The van der Waals surface area contributed by atoms with Crippen molar-refractivity contribution in [2.24, 2.45) is 5.92 Å². The first-order valence-corrected chi connectivity index (χ1v) is 7.22. The van der Waals surface area contributed by atoms with Gasteiger partial charge in [-0.3, -0.25) is 0 Å². The van der Waals surface area contributed by atoms with E-state index in [-0.39, 0.29) is 6.29 Å². The predicted octanol–water partition coefficient (Wildman–Crippen LogP) is 2.94. The average molecular weight is 243 g/mol. The monoisotopic (exact) mass is 243 g/mol. The Morgan fingerprint density at radius 2 is 1.88 bits per heavy atom. The molecule has 0 radical (unpaired) electrons. The molecule has 1 N–H and O–H groups in total. The van der Waals surface area contributed by atoms with Gasteiger partial charge >= 0.3 is 0 Å². The van der Waals surface area contributed by atoms with E-state index in [1.165, 1.54) is 25.7 Å². The Kier molecular flexibility index (Phi) is 7.82. The minimum absolute atomic E-state index is 0.0292. The van der Waals surface area contributed by atoms with Gasteiger partial charge in [0.2, 0.25) is 0 Å². The first kappa shape index (κ1) is 14.9. The Balaban J connectivity index is 2.11. The van der Waals surface area contributed by atoms with Crippen molar-refractivity contribution < 1.29 is 9.47 Å². The van der Waals surface area contributed by atoms with Gasteiger partial charge in [0.25, 0.3) is 0 Å². The highest BCUT2D eigenvalue weighted by atomic mass is 16.7. The molecule has 0 aliphatic heterocycles. The van der Waals surface area contributed by atoms with Gasteiger partial charge in [0, 0.05) is 32.2 Å². The lowest BCUT2D eigenvalue weighted by Gasteiger charge is -2.28. The van der Waals surface area contributed by atoms with Gasteiger partial charge in [-0.05, 0) is 32.6 Å². The third kappa shape index (κ3) is 6.39. The van der Waals surface area contributed by atoms with Crippen LogP contribution >= 0.6 is 0 Å². The van der Waals surface area contributed by atoms with Gasteiger partial charge in [-0.15, -0.1) is 0 Å². The second-order valence-corrected chi connectivity index (χ2v) is 5.05. The summed E-state index contributed by atoms with van der Waals surface area (Å²) in [7, 11) is 0. The van der Waals surface area contributed by atoms with Crippen LogP contribution in [0, 0.1) is 5.92 Å². The highest BCUT2D eigenvalue weighted by Gasteiger charge is 2.18. The van der Waals surface area contributed by atoms with Crippen LogP contribution in [0.15, 0.2) is 0 Å². The fourth-order valence-corrected chi connectivity index (χ4v) is 2.61. The van der Waals surface area contributed by atoms with Crippen molar-refractivity contribution in [2.75, 3.05) is 19.8 Å². The highest BCUT2D eigenvalue weighted by Crippen LogP contribution is 2.23. The number of ether oxygens (including phenoxy) is 2. The van der Waals surface area contributed by atoms with Gasteiger partial charge < -0.3 is 14.8 Å². The van der Waals surface area contributed by atoms with Crippen LogP contribution in [0.5, 0.6) is 0 Å². The molecule has 0 spiro atoms. The summed E-state index contributed by atoms with van der Waals surface area (Å²) in [6.45, 7) is 8.85. The largest absolute Gasteiger partial charge is 0.353 e. The maximum Gasteiger partial charge on any atom is 0.158 e. The molecule has 3 heteroatoms. The Morgan fingerprint density at radius 3 is 2.47 bits per heavy atom. The van der Waals surface area contributed by atoms with Crippen LogP contribution in [0.3, 0.4) is 0 Å². The van der Waals surface area contributed by atoms with Crippen molar-refractivity contribution >= 4 is 0 Å². The van der Waals surface area contributed by atoms with E-state index in [0.29, 0.717) is 6.04 Å². The number of hydrogen-bond acceptors (Lipinski definition) is 3. The van der Waals surface area contributed by atoms with Crippen molar-refractivity contribution in [1.82, 2.24) is 5.32 Å². The summed E-state index contributed by atoms with van der Waals surface area (Å²) < 4.78 is 11.1. The zero-order chi connectivity index (χ0) is 12.5.